The van der Waals surface area contributed by atoms with Crippen molar-refractivity contribution in [2.75, 3.05) is 180 Å². The van der Waals surface area contributed by atoms with Gasteiger partial charge >= 0.3 is 17.9 Å². The summed E-state index contributed by atoms with van der Waals surface area (Å²) in [6.07, 6.45) is 9.22. The maximum absolute atomic E-state index is 13.3. The quantitative estimate of drug-likeness (QED) is 0.0102. The highest BCUT2D eigenvalue weighted by atomic mass is 35.5. The molecule has 0 spiro atoms. The van der Waals surface area contributed by atoms with Crippen LogP contribution < -0.4 is 122 Å². The highest BCUT2D eigenvalue weighted by Gasteiger charge is 2.57. The van der Waals surface area contributed by atoms with Crippen LogP contribution in [0.2, 0.25) is 0 Å². The number of carbonyl (C=O) groups excluding carboxylic acids is 6. The highest BCUT2D eigenvalue weighted by Crippen LogP contribution is 2.60. The SMILES string of the molecule is COc1cc(C2c3cc4c(cc3[C@@H](NC(=O)CCl)[C@H]3COC(=O)[C@@H]23)OCO4)cc(OC)c1O.COc1cc(C2c3cc4c(cc3[C@@H](NC(=O)CNCCCCNCCCN)[C@H]3COC(=O)[C@@H]23)OCO4)cc(OC)c1O.COc1cc(C2c3cc4c(cc3[C@@H](NC(=O)CNCCCNCCCCN)[C@H]3COC(=O)[C@@H]23)OCO4)cc(OC)c1O.NCCCCNCCCN. The number of nitrogens with one attached hydrogen (secondary N) is 8. The average Bonchev–Trinajstić information content (AvgIpc) is 1.69. The van der Waals surface area contributed by atoms with Gasteiger partial charge in [0.2, 0.25) is 55.3 Å². The molecule has 0 radical (unpaired) electrons. The van der Waals surface area contributed by atoms with E-state index in [0.29, 0.717) is 77.4 Å². The summed E-state index contributed by atoms with van der Waals surface area (Å²) >= 11 is 5.76. The number of benzene rings is 6. The molecule has 3 amide bonds. The number of aromatic hydroxyl groups is 3. The molecule has 692 valence electrons. The molecule has 9 aliphatic rings. The van der Waals surface area contributed by atoms with E-state index in [1.54, 1.807) is 36.4 Å². The van der Waals surface area contributed by atoms with Crippen LogP contribution in [0.4, 0.5) is 0 Å². The van der Waals surface area contributed by atoms with Crippen molar-refractivity contribution < 1.29 is 115 Å². The Hall–Kier alpha value is -10.9. The van der Waals surface area contributed by atoms with Crippen molar-refractivity contribution in [1.29, 1.82) is 0 Å². The van der Waals surface area contributed by atoms with Crippen molar-refractivity contribution in [2.24, 2.45) is 58.4 Å². The molecule has 127 heavy (non-hydrogen) atoms. The molecule has 15 rings (SSSR count). The van der Waals surface area contributed by atoms with Gasteiger partial charge in [0.05, 0.1) is 111 Å². The number of methoxy groups -OCH3 is 6. The van der Waals surface area contributed by atoms with Gasteiger partial charge in [-0.05, 0) is 259 Å². The van der Waals surface area contributed by atoms with E-state index < -0.39 is 53.6 Å². The number of hydrogen-bond acceptors (Lipinski definition) is 33. The number of ether oxygens (including phenoxy) is 15. The Morgan fingerprint density at radius 2 is 0.583 bits per heavy atom. The lowest BCUT2D eigenvalue weighted by atomic mass is 9.65. The molecular formula is C90H121ClN12O24. The monoisotopic (exact) mass is 1790 g/mol. The van der Waals surface area contributed by atoms with Gasteiger partial charge in [-0.3, -0.25) is 28.8 Å². The molecule has 6 aliphatic heterocycles. The highest BCUT2D eigenvalue weighted by molar-refractivity contribution is 6.27. The largest absolute Gasteiger partial charge is 0.502 e. The number of fused-ring (bicyclic) bond motifs is 9. The third-order valence-corrected chi connectivity index (χ3v) is 24.4. The first kappa shape index (κ1) is 95.2. The second-order valence-electron chi connectivity index (χ2n) is 31.9. The van der Waals surface area contributed by atoms with Crippen LogP contribution in [-0.4, -0.2) is 231 Å². The van der Waals surface area contributed by atoms with Gasteiger partial charge in [0.15, 0.2) is 69.0 Å². The normalized spacial score (nSPS) is 21.6. The summed E-state index contributed by atoms with van der Waals surface area (Å²) in [4.78, 5) is 78.1. The zero-order chi connectivity index (χ0) is 90.2. The van der Waals surface area contributed by atoms with Crippen LogP contribution in [0.15, 0.2) is 72.8 Å². The number of nitrogens with two attached hydrogens (primary N) is 4. The number of esters is 3. The van der Waals surface area contributed by atoms with Crippen molar-refractivity contribution in [3.63, 3.8) is 0 Å². The molecule has 3 aliphatic carbocycles. The lowest BCUT2D eigenvalue weighted by Gasteiger charge is -2.39. The van der Waals surface area contributed by atoms with Crippen LogP contribution in [0.25, 0.3) is 0 Å². The number of halogens is 1. The number of rotatable bonds is 40. The van der Waals surface area contributed by atoms with Gasteiger partial charge < -0.3 is 152 Å². The standard InChI is InChI=1S/2C30H40N4O8.C23H22ClNO8.C7H19N3/c1-38-23-10-17(11-24(39-2)29(23)36)26-18-12-21-22(42-16-41-21)13-19(18)28(20-15-40-30(37)27(20)26)34-25(35)14-33-8-4-3-7-32-9-5-6-31;1-38-23-10-17(11-24(39-2)29(23)36)26-18-12-21-22(42-16-41-21)13-19(18)28(20-15-40-30(37)27(20)26)34-25(35)14-33-9-5-8-32-7-4-3-6-31;1-29-16-3-10(4-17(30-2)22(16)27)19-11-5-14-15(33-9-32-14)6-12(11)21(25-18(26)7-24)13-8-31-23(28)20(13)19;8-4-1-2-6-10-7-3-5-9/h2*10-13,20,26-28,32-33,36H,3-9,14-16,31H2,1-2H3,(H,34,35);3-6,13,19-21,27H,7-9H2,1-2H3,(H,25,26);10H,1-9H2/t2*20-,26?,27+,28+;13-,19?,20+,21+;/m000./s1. The first-order chi connectivity index (χ1) is 61.8. The smallest absolute Gasteiger partial charge is 0.310 e. The summed E-state index contributed by atoms with van der Waals surface area (Å²) in [5.74, 6) is -1.87. The summed E-state index contributed by atoms with van der Waals surface area (Å²) in [6, 6.07) is 19.9. The number of alkyl halides is 1. The van der Waals surface area contributed by atoms with E-state index in [4.69, 9.17) is 106 Å². The van der Waals surface area contributed by atoms with Gasteiger partial charge in [0, 0.05) is 35.5 Å². The minimum atomic E-state index is -0.600. The number of phenolic OH excluding ortho intramolecular Hbond substituents is 3. The molecule has 3 saturated heterocycles. The Bertz CT molecular complexity index is 4500. The molecule has 6 aromatic rings. The van der Waals surface area contributed by atoms with Crippen molar-refractivity contribution in [2.45, 2.75) is 93.7 Å². The molecular weight excluding hydrogens is 1670 g/mol. The predicted molar refractivity (Wildman–Crippen MR) is 466 cm³/mol. The summed E-state index contributed by atoms with van der Waals surface area (Å²) in [5.41, 5.74) is 28.6. The topological polar surface area (TPSA) is 502 Å². The minimum absolute atomic E-state index is 0.0807. The number of cyclic esters (lactones) is 3. The summed E-state index contributed by atoms with van der Waals surface area (Å²) in [6.45, 7) is 11.1. The summed E-state index contributed by atoms with van der Waals surface area (Å²) < 4.78 is 82.9. The maximum atomic E-state index is 13.3. The Labute approximate surface area is 743 Å². The molecule has 19 N–H and O–H groups in total. The van der Waals surface area contributed by atoms with Crippen LogP contribution in [0.3, 0.4) is 0 Å². The van der Waals surface area contributed by atoms with E-state index in [0.717, 1.165) is 137 Å². The second kappa shape index (κ2) is 46.2. The Morgan fingerprint density at radius 3 is 0.858 bits per heavy atom. The third kappa shape index (κ3) is 22.3. The predicted octanol–water partition coefficient (Wildman–Crippen LogP) is 5.21. The zero-order valence-electron chi connectivity index (χ0n) is 72.7. The van der Waals surface area contributed by atoms with Gasteiger partial charge in [-0.2, -0.15) is 0 Å². The van der Waals surface area contributed by atoms with Gasteiger partial charge in [-0.25, -0.2) is 0 Å². The fraction of sp³-hybridized carbons (Fsp3) is 0.533. The maximum Gasteiger partial charge on any atom is 0.310 e. The van der Waals surface area contributed by atoms with E-state index in [9.17, 15) is 44.1 Å². The molecule has 3 unspecified atom stereocenters. The Balaban J connectivity index is 0.000000165. The minimum Gasteiger partial charge on any atom is -0.502 e. The number of hydrogen-bond donors (Lipinski definition) is 15. The van der Waals surface area contributed by atoms with Gasteiger partial charge in [0.1, 0.15) is 5.88 Å². The summed E-state index contributed by atoms with van der Waals surface area (Å²) in [7, 11) is 8.70. The molecule has 3 fully saturated rings. The number of amides is 3. The van der Waals surface area contributed by atoms with Crippen LogP contribution in [0.5, 0.6) is 86.2 Å². The van der Waals surface area contributed by atoms with Crippen LogP contribution >= 0.6 is 11.6 Å². The van der Waals surface area contributed by atoms with Crippen molar-refractivity contribution >= 4 is 47.2 Å². The van der Waals surface area contributed by atoms with Gasteiger partial charge in [-0.1, -0.05) is 0 Å². The number of unbranched alkanes of at least 4 members (excludes halogenated alkanes) is 3. The second-order valence-corrected chi connectivity index (χ2v) is 32.2. The van der Waals surface area contributed by atoms with E-state index in [2.05, 4.69) is 42.5 Å². The van der Waals surface area contributed by atoms with Crippen LogP contribution in [0.1, 0.15) is 144 Å². The molecule has 0 saturated carbocycles. The molecule has 0 aromatic heterocycles. The molecule has 36 nitrogen and oxygen atoms in total. The van der Waals surface area contributed by atoms with E-state index in [-0.39, 0.29) is 164 Å². The van der Waals surface area contributed by atoms with E-state index in [1.165, 1.54) is 49.1 Å². The third-order valence-electron chi connectivity index (χ3n) is 24.2. The molecule has 12 atom stereocenters. The summed E-state index contributed by atoms with van der Waals surface area (Å²) in [5, 5.41) is 57.2. The number of carbonyl (C=O) groups is 6. The fourth-order valence-electron chi connectivity index (χ4n) is 18.0. The average molecular weight is 1790 g/mol. The molecule has 37 heteroatoms. The fourth-order valence-corrected chi connectivity index (χ4v) is 18.1. The van der Waals surface area contributed by atoms with Crippen molar-refractivity contribution in [1.82, 2.24) is 42.5 Å². The van der Waals surface area contributed by atoms with Gasteiger partial charge in [-0.15, -0.1) is 11.6 Å². The van der Waals surface area contributed by atoms with E-state index in [1.807, 2.05) is 36.4 Å². The van der Waals surface area contributed by atoms with Crippen LogP contribution in [-0.2, 0) is 43.0 Å². The lowest BCUT2D eigenvalue weighted by molar-refractivity contribution is -0.142. The van der Waals surface area contributed by atoms with Crippen LogP contribution in [0, 0.1) is 35.5 Å². The zero-order valence-corrected chi connectivity index (χ0v) is 73.4. The Morgan fingerprint density at radius 1 is 0.339 bits per heavy atom. The first-order valence-corrected chi connectivity index (χ1v) is 43.8. The molecule has 0 bridgehead atoms. The van der Waals surface area contributed by atoms with Crippen molar-refractivity contribution in [3.05, 3.63) is 123 Å². The lowest BCUT2D eigenvalue weighted by Crippen LogP contribution is -2.45. The van der Waals surface area contributed by atoms with Gasteiger partial charge in [0.25, 0.3) is 0 Å². The van der Waals surface area contributed by atoms with Crippen molar-refractivity contribution in [3.8, 4) is 86.2 Å². The molecule has 6 heterocycles. The molecule has 6 aromatic carbocycles. The number of phenols is 3. The Kier molecular flexibility index (Phi) is 34.6. The van der Waals surface area contributed by atoms with E-state index >= 15 is 0 Å². The first-order valence-electron chi connectivity index (χ1n) is 43.2.